The Hall–Kier alpha value is -6.19. The fraction of sp³-hybridized carbons (Fsp3) is 0.361. The zero-order valence-corrected chi connectivity index (χ0v) is 42.5. The van der Waals surface area contributed by atoms with Gasteiger partial charge in [0.15, 0.2) is 0 Å². The fourth-order valence-electron chi connectivity index (χ4n) is 7.57. The molecule has 1 amide bonds. The molecule has 0 radical (unpaired) electrons. The van der Waals surface area contributed by atoms with E-state index < -0.39 is 0 Å². The Bertz CT molecular complexity index is 2890. The van der Waals surface area contributed by atoms with Crippen molar-refractivity contribution >= 4 is 60.0 Å². The summed E-state index contributed by atoms with van der Waals surface area (Å²) in [5.74, 6) is 4.32. The summed E-state index contributed by atoms with van der Waals surface area (Å²) in [5.41, 5.74) is 5.52. The van der Waals surface area contributed by atoms with Crippen LogP contribution in [0.3, 0.4) is 0 Å². The molecule has 0 bridgehead atoms. The van der Waals surface area contributed by atoms with Crippen molar-refractivity contribution in [3.05, 3.63) is 144 Å². The number of para-hydroxylation sites is 2. The van der Waals surface area contributed by atoms with E-state index in [9.17, 15) is 4.79 Å². The normalized spacial score (nSPS) is 11.7. The van der Waals surface area contributed by atoms with E-state index in [1.807, 2.05) is 71.7 Å². The predicted octanol–water partition coefficient (Wildman–Crippen LogP) is 14.0. The second kappa shape index (κ2) is 23.7. The second-order valence-electron chi connectivity index (χ2n) is 20.2. The summed E-state index contributed by atoms with van der Waals surface area (Å²) in [5, 5.41) is 10.6. The van der Waals surface area contributed by atoms with Crippen LogP contribution in [0.5, 0.6) is 0 Å². The van der Waals surface area contributed by atoms with Gasteiger partial charge in [-0.2, -0.15) is 0 Å². The molecule has 0 spiro atoms. The maximum atomic E-state index is 10.9. The van der Waals surface area contributed by atoms with Crippen LogP contribution < -0.4 is 0 Å². The molecule has 68 heavy (non-hydrogen) atoms. The number of hydrogen-bond donors (Lipinski definition) is 0. The summed E-state index contributed by atoms with van der Waals surface area (Å²) in [6.45, 7) is 26.5. The molecule has 356 valence electrons. The Kier molecular flexibility index (Phi) is 18.4. The minimum Gasteiger partial charge on any atom is -0.377 e. The molecule has 8 rings (SSSR count). The van der Waals surface area contributed by atoms with Crippen LogP contribution >= 0.6 is 0 Å². The van der Waals surface area contributed by atoms with E-state index >= 15 is 0 Å². The van der Waals surface area contributed by atoms with E-state index in [4.69, 9.17) is 31.8 Å². The molecule has 0 aliphatic heterocycles. The molecule has 1 aromatic heterocycles. The first-order valence-electron chi connectivity index (χ1n) is 23.6. The highest BCUT2D eigenvalue weighted by molar-refractivity contribution is 6.23. The standard InChI is InChI=1S/C21H20O.C17H19NO.C13H16O.C10H17NO2/c1-21(2,3)22-13-17-12-16-8-4-6-14-10-11-15-7-5-9-18(17)20(15)19(14)16;1-13(2)19-12-11-18-16-9-5-3-7-14(16)15-8-4-6-10-17(15)18;1-5-11-6-8-12(9-7-11)10-14-13(2,3)4;1-6-9(12)11(5)7-8-13-10(2,3)4/h4-12H,13H2,1-3H3;3-10,13H,11-12H2,1-2H3;1,6-9H,10H2,2-4H3;1H,7-8H2,2-5H3. The molecule has 0 saturated heterocycles. The zero-order valence-electron chi connectivity index (χ0n) is 42.5. The van der Waals surface area contributed by atoms with Crippen molar-refractivity contribution in [2.75, 3.05) is 26.8 Å². The lowest BCUT2D eigenvalue weighted by molar-refractivity contribution is -0.125. The van der Waals surface area contributed by atoms with Crippen molar-refractivity contribution < 1.29 is 23.7 Å². The number of ether oxygens (including phenoxy) is 4. The largest absolute Gasteiger partial charge is 0.377 e. The fourth-order valence-corrected chi connectivity index (χ4v) is 7.57. The average molecular weight is 913 g/mol. The number of carbonyl (C=O) groups excluding carboxylic acids is 1. The third kappa shape index (κ3) is 15.4. The number of likely N-dealkylation sites (N-methyl/N-ethyl adjacent to an activating group) is 1. The van der Waals surface area contributed by atoms with Gasteiger partial charge in [-0.3, -0.25) is 4.79 Å². The van der Waals surface area contributed by atoms with Gasteiger partial charge in [0.05, 0.1) is 49.3 Å². The molecule has 1 heterocycles. The van der Waals surface area contributed by atoms with E-state index in [0.717, 1.165) is 24.3 Å². The smallest absolute Gasteiger partial charge is 0.298 e. The summed E-state index contributed by atoms with van der Waals surface area (Å²) in [6, 6.07) is 44.8. The van der Waals surface area contributed by atoms with E-state index in [2.05, 4.69) is 148 Å². The maximum Gasteiger partial charge on any atom is 0.298 e. The maximum absolute atomic E-state index is 10.9. The molecule has 0 atom stereocenters. The van der Waals surface area contributed by atoms with Crippen LogP contribution in [0.25, 0.3) is 54.1 Å². The van der Waals surface area contributed by atoms with E-state index in [1.165, 1.54) is 64.6 Å². The van der Waals surface area contributed by atoms with Crippen molar-refractivity contribution in [2.24, 2.45) is 0 Å². The second-order valence-corrected chi connectivity index (χ2v) is 20.2. The highest BCUT2D eigenvalue weighted by atomic mass is 16.5. The van der Waals surface area contributed by atoms with E-state index in [1.54, 1.807) is 7.05 Å². The first-order valence-corrected chi connectivity index (χ1v) is 23.6. The SMILES string of the molecule is C#CC(=O)N(C)CCOC(C)(C)C.C#Cc1ccc(COC(C)(C)C)cc1.CC(C)(C)OCc1cc2cccc3ccc4cccc1c4c32.CC(C)OCCn1c2ccccc2c2ccccc21. The third-order valence-corrected chi connectivity index (χ3v) is 10.9. The van der Waals surface area contributed by atoms with Crippen LogP contribution in [0, 0.1) is 24.7 Å². The van der Waals surface area contributed by atoms with Crippen molar-refractivity contribution in [2.45, 2.75) is 119 Å². The lowest BCUT2D eigenvalue weighted by Gasteiger charge is -2.21. The summed E-state index contributed by atoms with van der Waals surface area (Å²) >= 11 is 0. The summed E-state index contributed by atoms with van der Waals surface area (Å²) in [6.07, 6.45) is 10.5. The number of hydrogen-bond acceptors (Lipinski definition) is 5. The van der Waals surface area contributed by atoms with Gasteiger partial charge in [-0.1, -0.05) is 103 Å². The molecule has 0 saturated carbocycles. The monoisotopic (exact) mass is 913 g/mol. The van der Waals surface area contributed by atoms with Gasteiger partial charge >= 0.3 is 0 Å². The number of aromatic nitrogens is 1. The average Bonchev–Trinajstić information content (AvgIpc) is 3.62. The molecule has 7 aromatic carbocycles. The van der Waals surface area contributed by atoms with Gasteiger partial charge in [0, 0.05) is 47.5 Å². The van der Waals surface area contributed by atoms with E-state index in [-0.39, 0.29) is 28.8 Å². The van der Waals surface area contributed by atoms with Gasteiger partial charge in [0.25, 0.3) is 5.91 Å². The number of amides is 1. The lowest BCUT2D eigenvalue weighted by Crippen LogP contribution is -2.31. The minimum atomic E-state index is -0.308. The molecule has 0 aliphatic rings. The van der Waals surface area contributed by atoms with Crippen molar-refractivity contribution in [1.29, 1.82) is 0 Å². The molecule has 0 aliphatic carbocycles. The van der Waals surface area contributed by atoms with Crippen LogP contribution in [0.15, 0.2) is 127 Å². The van der Waals surface area contributed by atoms with Crippen LogP contribution in [0.1, 0.15) is 92.9 Å². The van der Waals surface area contributed by atoms with Gasteiger partial charge < -0.3 is 28.4 Å². The lowest BCUT2D eigenvalue weighted by atomic mass is 9.91. The van der Waals surface area contributed by atoms with Crippen LogP contribution in [0.2, 0.25) is 0 Å². The molecule has 0 fully saturated rings. The van der Waals surface area contributed by atoms with Crippen molar-refractivity contribution in [3.8, 4) is 24.7 Å². The summed E-state index contributed by atoms with van der Waals surface area (Å²) in [7, 11) is 1.66. The number of fused-ring (bicyclic) bond motifs is 3. The van der Waals surface area contributed by atoms with Crippen LogP contribution in [-0.2, 0) is 43.5 Å². The predicted molar refractivity (Wildman–Crippen MR) is 286 cm³/mol. The van der Waals surface area contributed by atoms with Gasteiger partial charge in [0.1, 0.15) is 0 Å². The number of terminal acetylenes is 2. The third-order valence-electron chi connectivity index (χ3n) is 10.9. The first kappa shape index (κ1) is 52.8. The Labute approximate surface area is 406 Å². The van der Waals surface area contributed by atoms with Crippen molar-refractivity contribution in [3.63, 3.8) is 0 Å². The Balaban J connectivity index is 0.000000174. The van der Waals surface area contributed by atoms with E-state index in [0.29, 0.717) is 26.4 Å². The number of rotatable bonds is 11. The zero-order chi connectivity index (χ0) is 49.6. The number of carbonyl (C=O) groups is 1. The number of benzene rings is 7. The molecule has 0 N–H and O–H groups in total. The number of nitrogens with zero attached hydrogens (tertiary/aromatic N) is 2. The highest BCUT2D eigenvalue weighted by Gasteiger charge is 2.16. The quantitative estimate of drug-likeness (QED) is 0.0956. The van der Waals surface area contributed by atoms with Crippen molar-refractivity contribution in [1.82, 2.24) is 9.47 Å². The Morgan fingerprint density at radius 1 is 0.603 bits per heavy atom. The highest BCUT2D eigenvalue weighted by Crippen LogP contribution is 2.37. The van der Waals surface area contributed by atoms with Crippen LogP contribution in [-0.4, -0.2) is 65.1 Å². The van der Waals surface area contributed by atoms with Gasteiger partial charge in [0.2, 0.25) is 0 Å². The first-order chi connectivity index (χ1) is 32.2. The molecular weight excluding hydrogens is 841 g/mol. The Morgan fingerprint density at radius 3 is 1.66 bits per heavy atom. The Morgan fingerprint density at radius 2 is 1.12 bits per heavy atom. The summed E-state index contributed by atoms with van der Waals surface area (Å²) < 4.78 is 25.2. The molecule has 7 heteroatoms. The minimum absolute atomic E-state index is 0.0925. The molecule has 0 unspecified atom stereocenters. The van der Waals surface area contributed by atoms with Gasteiger partial charge in [-0.15, -0.1) is 12.8 Å². The topological polar surface area (TPSA) is 62.2 Å². The van der Waals surface area contributed by atoms with Gasteiger partial charge in [-0.05, 0) is 156 Å². The molecule has 7 nitrogen and oxygen atoms in total. The van der Waals surface area contributed by atoms with Crippen LogP contribution in [0.4, 0.5) is 0 Å². The van der Waals surface area contributed by atoms with Gasteiger partial charge in [-0.25, -0.2) is 0 Å². The summed E-state index contributed by atoms with van der Waals surface area (Å²) in [4.78, 5) is 12.4. The molecular formula is C61H72N2O5. The molecule has 8 aromatic rings.